The van der Waals surface area contributed by atoms with Crippen molar-refractivity contribution in [2.24, 2.45) is 5.73 Å². The Bertz CT molecular complexity index is 919. The summed E-state index contributed by atoms with van der Waals surface area (Å²) in [6, 6.07) is 7.36. The summed E-state index contributed by atoms with van der Waals surface area (Å²) in [5.41, 5.74) is 8.54. The van der Waals surface area contributed by atoms with Gasteiger partial charge in [-0.05, 0) is 42.9 Å². The van der Waals surface area contributed by atoms with E-state index < -0.39 is 5.91 Å². The van der Waals surface area contributed by atoms with Crippen molar-refractivity contribution in [2.45, 2.75) is 32.2 Å². The minimum absolute atomic E-state index is 0.0473. The van der Waals surface area contributed by atoms with E-state index >= 15 is 0 Å². The van der Waals surface area contributed by atoms with Crippen LogP contribution in [0.25, 0.3) is 0 Å². The van der Waals surface area contributed by atoms with Crippen LogP contribution < -0.4 is 11.1 Å². The summed E-state index contributed by atoms with van der Waals surface area (Å²) in [5.74, 6) is -0.965. The van der Waals surface area contributed by atoms with E-state index in [1.165, 1.54) is 16.2 Å². The normalized spacial score (nSPS) is 15.5. The number of hydrogen-bond acceptors (Lipinski definition) is 4. The fourth-order valence-corrected chi connectivity index (χ4v) is 5.01. The van der Waals surface area contributed by atoms with Gasteiger partial charge in [0.25, 0.3) is 11.8 Å². The Hall–Kier alpha value is -2.67. The summed E-state index contributed by atoms with van der Waals surface area (Å²) < 4.78 is 0. The fourth-order valence-electron chi connectivity index (χ4n) is 3.70. The zero-order valence-corrected chi connectivity index (χ0v) is 15.0. The SMILES string of the molecule is NC(=O)c1c(NC(=O)CN2Cc3ccccc3C2=O)sc2c1CCCC2. The summed E-state index contributed by atoms with van der Waals surface area (Å²) in [6.07, 6.45) is 3.84. The van der Waals surface area contributed by atoms with Crippen LogP contribution in [0.3, 0.4) is 0 Å². The zero-order chi connectivity index (χ0) is 18.3. The molecule has 1 aromatic heterocycles. The van der Waals surface area contributed by atoms with Gasteiger partial charge in [0.15, 0.2) is 0 Å². The first-order valence-corrected chi connectivity index (χ1v) is 9.47. The topological polar surface area (TPSA) is 92.5 Å². The quantitative estimate of drug-likeness (QED) is 0.866. The van der Waals surface area contributed by atoms with Gasteiger partial charge in [-0.1, -0.05) is 18.2 Å². The van der Waals surface area contributed by atoms with Crippen LogP contribution >= 0.6 is 11.3 Å². The van der Waals surface area contributed by atoms with Gasteiger partial charge in [0.2, 0.25) is 5.91 Å². The van der Waals surface area contributed by atoms with Crippen molar-refractivity contribution in [2.75, 3.05) is 11.9 Å². The Balaban J connectivity index is 1.50. The van der Waals surface area contributed by atoms with Crippen LogP contribution in [0.2, 0.25) is 0 Å². The molecule has 134 valence electrons. The third-order valence-electron chi connectivity index (χ3n) is 4.90. The lowest BCUT2D eigenvalue weighted by Gasteiger charge is -2.15. The second-order valence-electron chi connectivity index (χ2n) is 6.65. The lowest BCUT2D eigenvalue weighted by Crippen LogP contribution is -2.33. The molecule has 1 aliphatic heterocycles. The van der Waals surface area contributed by atoms with Crippen LogP contribution in [-0.2, 0) is 24.2 Å². The van der Waals surface area contributed by atoms with E-state index in [0.29, 0.717) is 22.7 Å². The van der Waals surface area contributed by atoms with Gasteiger partial charge >= 0.3 is 0 Å². The van der Waals surface area contributed by atoms with Crippen molar-refractivity contribution in [1.29, 1.82) is 0 Å². The maximum absolute atomic E-state index is 12.5. The van der Waals surface area contributed by atoms with Gasteiger partial charge in [0.05, 0.1) is 5.56 Å². The highest BCUT2D eigenvalue weighted by molar-refractivity contribution is 7.17. The molecule has 0 saturated heterocycles. The van der Waals surface area contributed by atoms with Gasteiger partial charge in [-0.2, -0.15) is 0 Å². The number of hydrogen-bond donors (Lipinski definition) is 2. The number of nitrogens with zero attached hydrogens (tertiary/aromatic N) is 1. The van der Waals surface area contributed by atoms with Gasteiger partial charge in [-0.15, -0.1) is 11.3 Å². The Morgan fingerprint density at radius 1 is 1.19 bits per heavy atom. The summed E-state index contributed by atoms with van der Waals surface area (Å²) in [6.45, 7) is 0.375. The third-order valence-corrected chi connectivity index (χ3v) is 6.11. The summed E-state index contributed by atoms with van der Waals surface area (Å²) >= 11 is 1.43. The van der Waals surface area contributed by atoms with Crippen LogP contribution in [0.4, 0.5) is 5.00 Å². The molecule has 7 heteroatoms. The number of benzene rings is 1. The number of fused-ring (bicyclic) bond motifs is 2. The first-order valence-electron chi connectivity index (χ1n) is 8.66. The first-order chi connectivity index (χ1) is 12.5. The predicted octanol–water partition coefficient (Wildman–Crippen LogP) is 2.32. The van der Waals surface area contributed by atoms with Crippen LogP contribution in [0.1, 0.15) is 49.6 Å². The van der Waals surface area contributed by atoms with Gasteiger partial charge in [0.1, 0.15) is 11.5 Å². The van der Waals surface area contributed by atoms with Gasteiger partial charge in [-0.25, -0.2) is 0 Å². The average Bonchev–Trinajstić information content (AvgIpc) is 3.13. The summed E-state index contributed by atoms with van der Waals surface area (Å²) in [5, 5.41) is 3.32. The van der Waals surface area contributed by atoms with Crippen molar-refractivity contribution < 1.29 is 14.4 Å². The third kappa shape index (κ3) is 2.88. The van der Waals surface area contributed by atoms with Gasteiger partial charge < -0.3 is 16.0 Å². The molecule has 3 N–H and O–H groups in total. The number of nitrogens with two attached hydrogens (primary N) is 1. The number of carbonyl (C=O) groups excluding carboxylic acids is 3. The molecule has 0 spiro atoms. The lowest BCUT2D eigenvalue weighted by atomic mass is 9.95. The average molecular weight is 369 g/mol. The van der Waals surface area contributed by atoms with Gasteiger partial charge in [0, 0.05) is 17.0 Å². The number of thiophene rings is 1. The van der Waals surface area contributed by atoms with E-state index in [1.807, 2.05) is 18.2 Å². The largest absolute Gasteiger partial charge is 0.365 e. The van der Waals surface area contributed by atoms with Crippen molar-refractivity contribution in [3.63, 3.8) is 0 Å². The van der Waals surface area contributed by atoms with Crippen molar-refractivity contribution in [1.82, 2.24) is 4.90 Å². The number of aryl methyl sites for hydroxylation is 1. The molecule has 2 aliphatic rings. The number of nitrogens with one attached hydrogen (secondary N) is 1. The molecule has 2 heterocycles. The Morgan fingerprint density at radius 2 is 1.96 bits per heavy atom. The Labute approximate surface area is 155 Å². The number of amides is 3. The van der Waals surface area contributed by atoms with E-state index in [1.54, 1.807) is 6.07 Å². The number of anilines is 1. The summed E-state index contributed by atoms with van der Waals surface area (Å²) in [7, 11) is 0. The van der Waals surface area contributed by atoms with E-state index in [0.717, 1.165) is 41.7 Å². The molecule has 0 fully saturated rings. The molecule has 1 aliphatic carbocycles. The molecule has 6 nitrogen and oxygen atoms in total. The molecule has 1 aromatic carbocycles. The maximum Gasteiger partial charge on any atom is 0.254 e. The smallest absolute Gasteiger partial charge is 0.254 e. The van der Waals surface area contributed by atoms with Crippen molar-refractivity contribution in [3.8, 4) is 0 Å². The van der Waals surface area contributed by atoms with Gasteiger partial charge in [-0.3, -0.25) is 14.4 Å². The van der Waals surface area contributed by atoms with E-state index in [-0.39, 0.29) is 18.4 Å². The standard InChI is InChI=1S/C19H19N3O3S/c20-17(24)16-13-7-3-4-8-14(13)26-18(16)21-15(23)10-22-9-11-5-1-2-6-12(11)19(22)25/h1-2,5-6H,3-4,7-10H2,(H2,20,24)(H,21,23). The molecule has 0 unspecified atom stereocenters. The molecule has 3 amide bonds. The van der Waals surface area contributed by atoms with E-state index in [2.05, 4.69) is 5.32 Å². The lowest BCUT2D eigenvalue weighted by molar-refractivity contribution is -0.116. The second-order valence-corrected chi connectivity index (χ2v) is 7.75. The highest BCUT2D eigenvalue weighted by Crippen LogP contribution is 2.38. The van der Waals surface area contributed by atoms with Crippen LogP contribution in [0.5, 0.6) is 0 Å². The highest BCUT2D eigenvalue weighted by atomic mass is 32.1. The molecule has 4 rings (SSSR count). The Morgan fingerprint density at radius 3 is 2.73 bits per heavy atom. The maximum atomic E-state index is 12.5. The highest BCUT2D eigenvalue weighted by Gasteiger charge is 2.29. The molecule has 26 heavy (non-hydrogen) atoms. The van der Waals surface area contributed by atoms with Crippen molar-refractivity contribution in [3.05, 3.63) is 51.4 Å². The van der Waals surface area contributed by atoms with Crippen LogP contribution in [0, 0.1) is 0 Å². The molecular weight excluding hydrogens is 350 g/mol. The van der Waals surface area contributed by atoms with Crippen molar-refractivity contribution >= 4 is 34.1 Å². The molecule has 0 saturated carbocycles. The summed E-state index contributed by atoms with van der Waals surface area (Å²) in [4.78, 5) is 39.4. The van der Waals surface area contributed by atoms with Crippen LogP contribution in [-0.4, -0.2) is 29.2 Å². The molecule has 0 atom stereocenters. The minimum Gasteiger partial charge on any atom is -0.365 e. The van der Waals surface area contributed by atoms with E-state index in [4.69, 9.17) is 5.73 Å². The Kier molecular flexibility index (Phi) is 4.24. The molecular formula is C19H19N3O3S. The van der Waals surface area contributed by atoms with E-state index in [9.17, 15) is 14.4 Å². The number of carbonyl (C=O) groups is 3. The monoisotopic (exact) mass is 369 g/mol. The molecule has 2 aromatic rings. The zero-order valence-electron chi connectivity index (χ0n) is 14.2. The first kappa shape index (κ1) is 16.8. The predicted molar refractivity (Wildman–Crippen MR) is 99.3 cm³/mol. The number of primary amides is 1. The second kappa shape index (κ2) is 6.57. The minimum atomic E-state index is -0.510. The number of rotatable bonds is 4. The van der Waals surface area contributed by atoms with Crippen LogP contribution in [0.15, 0.2) is 24.3 Å². The molecule has 0 radical (unpaired) electrons. The molecule has 0 bridgehead atoms. The fraction of sp³-hybridized carbons (Fsp3) is 0.316.